The zero-order chi connectivity index (χ0) is 22.6. The lowest BCUT2D eigenvalue weighted by atomic mass is 10.1. The average molecular weight is 439 g/mol. The number of nitrogens with zero attached hydrogens (tertiary/aromatic N) is 4. The van der Waals surface area contributed by atoms with Crippen molar-refractivity contribution < 1.29 is 4.79 Å². The predicted molar refractivity (Wildman–Crippen MR) is 130 cm³/mol. The molecule has 1 aliphatic heterocycles. The molecule has 0 spiro atoms. The number of carbonyl (C=O) groups is 1. The fraction of sp³-hybridized carbons (Fsp3) is 0.222. The van der Waals surface area contributed by atoms with E-state index in [0.717, 1.165) is 36.0 Å². The summed E-state index contributed by atoms with van der Waals surface area (Å²) in [4.78, 5) is 29.5. The molecule has 0 radical (unpaired) electrons. The SMILES string of the molecule is O=C(Cn1nc(-c2ccc3ccccc3c2)ccc1=O)N1CCN(Cc2ccccc2)CC1. The molecule has 5 rings (SSSR count). The van der Waals surface area contributed by atoms with Crippen molar-refractivity contribution in [1.29, 1.82) is 0 Å². The van der Waals surface area contributed by atoms with Crippen LogP contribution >= 0.6 is 0 Å². The number of benzene rings is 3. The standard InChI is InChI=1S/C27H26N4O2/c32-26-13-12-25(24-11-10-22-8-4-5-9-23(22)18-24)28-31(26)20-27(33)30-16-14-29(15-17-30)19-21-6-2-1-3-7-21/h1-13,18H,14-17,19-20H2. The first-order chi connectivity index (χ1) is 16.2. The zero-order valence-corrected chi connectivity index (χ0v) is 18.4. The van der Waals surface area contributed by atoms with Gasteiger partial charge in [-0.25, -0.2) is 4.68 Å². The van der Waals surface area contributed by atoms with Crippen molar-refractivity contribution in [3.05, 3.63) is 101 Å². The second-order valence-corrected chi connectivity index (χ2v) is 8.42. The molecule has 1 aliphatic rings. The van der Waals surface area contributed by atoms with E-state index in [0.29, 0.717) is 18.8 Å². The van der Waals surface area contributed by atoms with E-state index in [9.17, 15) is 9.59 Å². The summed E-state index contributed by atoms with van der Waals surface area (Å²) in [5.41, 5.74) is 2.61. The number of fused-ring (bicyclic) bond motifs is 1. The first-order valence-electron chi connectivity index (χ1n) is 11.3. The van der Waals surface area contributed by atoms with Crippen molar-refractivity contribution in [2.45, 2.75) is 13.1 Å². The van der Waals surface area contributed by atoms with Gasteiger partial charge in [-0.2, -0.15) is 5.10 Å². The summed E-state index contributed by atoms with van der Waals surface area (Å²) >= 11 is 0. The Morgan fingerprint density at radius 3 is 2.30 bits per heavy atom. The summed E-state index contributed by atoms with van der Waals surface area (Å²) in [6.45, 7) is 3.80. The highest BCUT2D eigenvalue weighted by Gasteiger charge is 2.22. The van der Waals surface area contributed by atoms with Crippen molar-refractivity contribution in [2.75, 3.05) is 26.2 Å². The maximum Gasteiger partial charge on any atom is 0.267 e. The fourth-order valence-corrected chi connectivity index (χ4v) is 4.29. The van der Waals surface area contributed by atoms with Gasteiger partial charge in [0.25, 0.3) is 5.56 Å². The van der Waals surface area contributed by atoms with Crippen LogP contribution in [0.3, 0.4) is 0 Å². The molecule has 6 nitrogen and oxygen atoms in total. The molecular weight excluding hydrogens is 412 g/mol. The van der Waals surface area contributed by atoms with Gasteiger partial charge in [-0.3, -0.25) is 14.5 Å². The minimum absolute atomic E-state index is 0.0427. The predicted octanol–water partition coefficient (Wildman–Crippen LogP) is 3.41. The van der Waals surface area contributed by atoms with E-state index >= 15 is 0 Å². The Morgan fingerprint density at radius 2 is 1.52 bits per heavy atom. The highest BCUT2D eigenvalue weighted by Crippen LogP contribution is 2.22. The number of aromatic nitrogens is 2. The Hall–Kier alpha value is -3.77. The molecule has 1 fully saturated rings. The van der Waals surface area contributed by atoms with E-state index in [1.54, 1.807) is 6.07 Å². The van der Waals surface area contributed by atoms with E-state index in [2.05, 4.69) is 40.3 Å². The third kappa shape index (κ3) is 4.86. The average Bonchev–Trinajstić information content (AvgIpc) is 2.86. The Labute approximate surface area is 192 Å². The second-order valence-electron chi connectivity index (χ2n) is 8.42. The number of amides is 1. The molecule has 2 heterocycles. The second kappa shape index (κ2) is 9.38. The summed E-state index contributed by atoms with van der Waals surface area (Å²) in [6.07, 6.45) is 0. The smallest absolute Gasteiger partial charge is 0.267 e. The van der Waals surface area contributed by atoms with Crippen LogP contribution in [0.5, 0.6) is 0 Å². The maximum absolute atomic E-state index is 12.9. The van der Waals surface area contributed by atoms with Crippen molar-refractivity contribution >= 4 is 16.7 Å². The summed E-state index contributed by atoms with van der Waals surface area (Å²) in [5, 5.41) is 6.76. The number of rotatable bonds is 5. The molecule has 0 unspecified atom stereocenters. The Balaban J connectivity index is 1.25. The van der Waals surface area contributed by atoms with Crippen LogP contribution < -0.4 is 5.56 Å². The topological polar surface area (TPSA) is 58.4 Å². The molecule has 1 aromatic heterocycles. The minimum Gasteiger partial charge on any atom is -0.339 e. The molecule has 3 aromatic carbocycles. The van der Waals surface area contributed by atoms with Crippen LogP contribution in [0, 0.1) is 0 Å². The van der Waals surface area contributed by atoms with Crippen molar-refractivity contribution in [3.63, 3.8) is 0 Å². The first-order valence-corrected chi connectivity index (χ1v) is 11.3. The van der Waals surface area contributed by atoms with Crippen molar-refractivity contribution in [1.82, 2.24) is 19.6 Å². The van der Waals surface area contributed by atoms with Gasteiger partial charge in [-0.15, -0.1) is 0 Å². The lowest BCUT2D eigenvalue weighted by molar-refractivity contribution is -0.133. The molecule has 4 aromatic rings. The minimum atomic E-state index is -0.268. The Bertz CT molecular complexity index is 1320. The molecule has 0 atom stereocenters. The highest BCUT2D eigenvalue weighted by molar-refractivity contribution is 5.86. The summed E-state index contributed by atoms with van der Waals surface area (Å²) < 4.78 is 1.28. The molecule has 166 valence electrons. The third-order valence-electron chi connectivity index (χ3n) is 6.17. The first kappa shape index (κ1) is 21.1. The van der Waals surface area contributed by atoms with Gasteiger partial charge in [-0.05, 0) is 28.5 Å². The van der Waals surface area contributed by atoms with Gasteiger partial charge in [-0.1, -0.05) is 66.7 Å². The van der Waals surface area contributed by atoms with Gasteiger partial charge in [0.2, 0.25) is 5.91 Å². The summed E-state index contributed by atoms with van der Waals surface area (Å²) in [5.74, 6) is -0.0698. The van der Waals surface area contributed by atoms with Gasteiger partial charge in [0.15, 0.2) is 0 Å². The van der Waals surface area contributed by atoms with Crippen LogP contribution in [0.25, 0.3) is 22.0 Å². The van der Waals surface area contributed by atoms with E-state index in [-0.39, 0.29) is 18.0 Å². The van der Waals surface area contributed by atoms with Crippen molar-refractivity contribution in [2.24, 2.45) is 0 Å². The molecule has 1 saturated heterocycles. The van der Waals surface area contributed by atoms with Crippen LogP contribution in [0.1, 0.15) is 5.56 Å². The highest BCUT2D eigenvalue weighted by atomic mass is 16.2. The quantitative estimate of drug-likeness (QED) is 0.479. The summed E-state index contributed by atoms with van der Waals surface area (Å²) in [6, 6.07) is 27.8. The monoisotopic (exact) mass is 438 g/mol. The molecule has 1 amide bonds. The maximum atomic E-state index is 12.9. The third-order valence-corrected chi connectivity index (χ3v) is 6.17. The van der Waals surface area contributed by atoms with Crippen LogP contribution in [0.2, 0.25) is 0 Å². The number of hydrogen-bond acceptors (Lipinski definition) is 4. The number of piperazine rings is 1. The molecule has 0 N–H and O–H groups in total. The number of carbonyl (C=O) groups excluding carboxylic acids is 1. The van der Waals surface area contributed by atoms with Gasteiger partial charge in [0.05, 0.1) is 5.69 Å². The van der Waals surface area contributed by atoms with Gasteiger partial charge in [0.1, 0.15) is 6.54 Å². The molecule has 0 saturated carbocycles. The van der Waals surface area contributed by atoms with Crippen LogP contribution in [-0.2, 0) is 17.9 Å². The van der Waals surface area contributed by atoms with Gasteiger partial charge >= 0.3 is 0 Å². The van der Waals surface area contributed by atoms with Gasteiger partial charge < -0.3 is 4.90 Å². The number of hydrogen-bond donors (Lipinski definition) is 0. The molecule has 0 aliphatic carbocycles. The van der Waals surface area contributed by atoms with Crippen LogP contribution in [-0.4, -0.2) is 51.7 Å². The largest absolute Gasteiger partial charge is 0.339 e. The lowest BCUT2D eigenvalue weighted by Crippen LogP contribution is -2.49. The Kier molecular flexibility index (Phi) is 6.00. The lowest BCUT2D eigenvalue weighted by Gasteiger charge is -2.34. The van der Waals surface area contributed by atoms with E-state index in [1.807, 2.05) is 47.4 Å². The van der Waals surface area contributed by atoms with Crippen LogP contribution in [0.15, 0.2) is 89.7 Å². The van der Waals surface area contributed by atoms with Crippen LogP contribution in [0.4, 0.5) is 0 Å². The molecule has 33 heavy (non-hydrogen) atoms. The van der Waals surface area contributed by atoms with E-state index < -0.39 is 0 Å². The fourth-order valence-electron chi connectivity index (χ4n) is 4.29. The molecule has 6 heteroatoms. The molecular formula is C27H26N4O2. The summed E-state index contributed by atoms with van der Waals surface area (Å²) in [7, 11) is 0. The van der Waals surface area contributed by atoms with Gasteiger partial charge in [0, 0.05) is 44.4 Å². The van der Waals surface area contributed by atoms with E-state index in [4.69, 9.17) is 0 Å². The Morgan fingerprint density at radius 1 is 0.788 bits per heavy atom. The zero-order valence-electron chi connectivity index (χ0n) is 18.4. The van der Waals surface area contributed by atoms with E-state index in [1.165, 1.54) is 16.3 Å². The molecule has 0 bridgehead atoms. The van der Waals surface area contributed by atoms with Crippen molar-refractivity contribution in [3.8, 4) is 11.3 Å². The normalized spacial score (nSPS) is 14.5.